The van der Waals surface area contributed by atoms with Crippen molar-refractivity contribution in [3.63, 3.8) is 0 Å². The summed E-state index contributed by atoms with van der Waals surface area (Å²) in [6.45, 7) is 4.04. The van der Waals surface area contributed by atoms with E-state index < -0.39 is 0 Å². The van der Waals surface area contributed by atoms with Crippen LogP contribution in [0.3, 0.4) is 0 Å². The fourth-order valence-electron chi connectivity index (χ4n) is 1.43. The molecular formula is C12H19NO2. The topological polar surface area (TPSA) is 42.4 Å². The summed E-state index contributed by atoms with van der Waals surface area (Å²) < 4.78 is 5.15. The predicted octanol–water partition coefficient (Wildman–Crippen LogP) is 2.04. The number of aromatic nitrogens is 1. The summed E-state index contributed by atoms with van der Waals surface area (Å²) in [6, 6.07) is 3.87. The number of hydrogen-bond acceptors (Lipinski definition) is 3. The van der Waals surface area contributed by atoms with Crippen molar-refractivity contribution in [2.75, 3.05) is 7.11 Å². The van der Waals surface area contributed by atoms with Gasteiger partial charge in [0.15, 0.2) is 0 Å². The van der Waals surface area contributed by atoms with Crippen molar-refractivity contribution < 1.29 is 9.84 Å². The van der Waals surface area contributed by atoms with Crippen molar-refractivity contribution in [3.05, 3.63) is 23.9 Å². The zero-order chi connectivity index (χ0) is 11.3. The predicted molar refractivity (Wildman–Crippen MR) is 60.0 cm³/mol. The first-order chi connectivity index (χ1) is 7.15. The van der Waals surface area contributed by atoms with E-state index in [0.29, 0.717) is 11.8 Å². The van der Waals surface area contributed by atoms with Crippen LogP contribution < -0.4 is 4.74 Å². The van der Waals surface area contributed by atoms with Gasteiger partial charge in [0.25, 0.3) is 0 Å². The molecule has 1 heterocycles. The summed E-state index contributed by atoms with van der Waals surface area (Å²) in [5.41, 5.74) is 1.06. The normalized spacial score (nSPS) is 12.9. The zero-order valence-corrected chi connectivity index (χ0v) is 9.60. The van der Waals surface area contributed by atoms with Crippen LogP contribution in [0.1, 0.15) is 25.8 Å². The molecule has 84 valence electrons. The summed E-state index contributed by atoms with van der Waals surface area (Å²) in [6.07, 6.45) is 3.01. The van der Waals surface area contributed by atoms with Gasteiger partial charge in [-0.3, -0.25) is 0 Å². The highest BCUT2D eigenvalue weighted by atomic mass is 16.5. The lowest BCUT2D eigenvalue weighted by molar-refractivity contribution is 0.116. The molecular weight excluding hydrogens is 190 g/mol. The second-order valence-corrected chi connectivity index (χ2v) is 4.02. The fraction of sp³-hybridized carbons (Fsp3) is 0.583. The first kappa shape index (κ1) is 12.0. The molecule has 1 N–H and O–H groups in total. The standard InChI is InChI=1S/C12H19NO2/c1-9(2)11(14)7-6-10-5-4-8-13-12(10)15-3/h4-5,8-9,11,14H,6-7H2,1-3H3. The van der Waals surface area contributed by atoms with Crippen LogP contribution in [0.15, 0.2) is 18.3 Å². The molecule has 0 spiro atoms. The van der Waals surface area contributed by atoms with E-state index in [1.54, 1.807) is 13.3 Å². The third-order valence-corrected chi connectivity index (χ3v) is 2.52. The van der Waals surface area contributed by atoms with E-state index in [2.05, 4.69) is 4.98 Å². The molecule has 1 aromatic rings. The number of aliphatic hydroxyl groups excluding tert-OH is 1. The molecule has 0 aliphatic heterocycles. The quantitative estimate of drug-likeness (QED) is 0.807. The van der Waals surface area contributed by atoms with Crippen molar-refractivity contribution in [2.24, 2.45) is 5.92 Å². The summed E-state index contributed by atoms with van der Waals surface area (Å²) in [5, 5.41) is 9.69. The number of pyridine rings is 1. The van der Waals surface area contributed by atoms with E-state index in [0.717, 1.165) is 18.4 Å². The van der Waals surface area contributed by atoms with Crippen molar-refractivity contribution in [2.45, 2.75) is 32.8 Å². The van der Waals surface area contributed by atoms with E-state index in [1.165, 1.54) is 0 Å². The van der Waals surface area contributed by atoms with Crippen LogP contribution in [0.2, 0.25) is 0 Å². The van der Waals surface area contributed by atoms with E-state index >= 15 is 0 Å². The van der Waals surface area contributed by atoms with Gasteiger partial charge < -0.3 is 9.84 Å². The summed E-state index contributed by atoms with van der Waals surface area (Å²) in [5.74, 6) is 0.959. The highest BCUT2D eigenvalue weighted by Crippen LogP contribution is 2.17. The van der Waals surface area contributed by atoms with Crippen LogP contribution in [0.25, 0.3) is 0 Å². The third-order valence-electron chi connectivity index (χ3n) is 2.52. The monoisotopic (exact) mass is 209 g/mol. The van der Waals surface area contributed by atoms with Gasteiger partial charge in [-0.05, 0) is 24.8 Å². The highest BCUT2D eigenvalue weighted by molar-refractivity contribution is 5.25. The minimum Gasteiger partial charge on any atom is -0.481 e. The summed E-state index contributed by atoms with van der Waals surface area (Å²) in [4.78, 5) is 4.12. The first-order valence-corrected chi connectivity index (χ1v) is 5.31. The molecule has 1 atom stereocenters. The average Bonchev–Trinajstić information content (AvgIpc) is 2.26. The molecule has 0 radical (unpaired) electrons. The Morgan fingerprint density at radius 3 is 2.80 bits per heavy atom. The zero-order valence-electron chi connectivity index (χ0n) is 9.60. The molecule has 0 bridgehead atoms. The van der Waals surface area contributed by atoms with E-state index in [-0.39, 0.29) is 6.10 Å². The Balaban J connectivity index is 2.57. The smallest absolute Gasteiger partial charge is 0.216 e. The summed E-state index contributed by atoms with van der Waals surface area (Å²) >= 11 is 0. The maximum atomic E-state index is 9.69. The Labute approximate surface area is 91.1 Å². The molecule has 0 saturated heterocycles. The second kappa shape index (κ2) is 5.71. The molecule has 15 heavy (non-hydrogen) atoms. The number of aliphatic hydroxyl groups is 1. The van der Waals surface area contributed by atoms with Crippen LogP contribution in [-0.2, 0) is 6.42 Å². The van der Waals surface area contributed by atoms with Gasteiger partial charge in [-0.15, -0.1) is 0 Å². The van der Waals surface area contributed by atoms with Gasteiger partial charge in [0.2, 0.25) is 5.88 Å². The number of ether oxygens (including phenoxy) is 1. The minimum absolute atomic E-state index is 0.255. The SMILES string of the molecule is COc1ncccc1CCC(O)C(C)C. The molecule has 1 aromatic heterocycles. The van der Waals surface area contributed by atoms with Crippen LogP contribution in [0.5, 0.6) is 5.88 Å². The van der Waals surface area contributed by atoms with Crippen molar-refractivity contribution in [3.8, 4) is 5.88 Å². The van der Waals surface area contributed by atoms with Gasteiger partial charge in [-0.1, -0.05) is 19.9 Å². The second-order valence-electron chi connectivity index (χ2n) is 4.02. The van der Waals surface area contributed by atoms with Crippen LogP contribution in [0.4, 0.5) is 0 Å². The van der Waals surface area contributed by atoms with Crippen molar-refractivity contribution in [1.82, 2.24) is 4.98 Å². The maximum absolute atomic E-state index is 9.69. The van der Waals surface area contributed by atoms with Crippen LogP contribution in [0, 0.1) is 5.92 Å². The van der Waals surface area contributed by atoms with Crippen LogP contribution in [-0.4, -0.2) is 23.3 Å². The van der Waals surface area contributed by atoms with E-state index in [1.807, 2.05) is 26.0 Å². The van der Waals surface area contributed by atoms with Gasteiger partial charge in [-0.25, -0.2) is 4.98 Å². The Kier molecular flexibility index (Phi) is 4.56. The number of rotatable bonds is 5. The van der Waals surface area contributed by atoms with Crippen molar-refractivity contribution >= 4 is 0 Å². The molecule has 0 aliphatic rings. The molecule has 1 rings (SSSR count). The first-order valence-electron chi connectivity index (χ1n) is 5.31. The van der Waals surface area contributed by atoms with Gasteiger partial charge in [0, 0.05) is 11.8 Å². The molecule has 0 saturated carbocycles. The van der Waals surface area contributed by atoms with Gasteiger partial charge >= 0.3 is 0 Å². The van der Waals surface area contributed by atoms with Crippen LogP contribution >= 0.6 is 0 Å². The lowest BCUT2D eigenvalue weighted by Gasteiger charge is -2.14. The Hall–Kier alpha value is -1.09. The number of hydrogen-bond donors (Lipinski definition) is 1. The molecule has 0 fully saturated rings. The molecule has 0 aromatic carbocycles. The molecule has 3 heteroatoms. The van der Waals surface area contributed by atoms with Gasteiger partial charge in [0.1, 0.15) is 0 Å². The third kappa shape index (κ3) is 3.51. The largest absolute Gasteiger partial charge is 0.481 e. The maximum Gasteiger partial charge on any atom is 0.216 e. The lowest BCUT2D eigenvalue weighted by Crippen LogP contribution is -2.15. The van der Waals surface area contributed by atoms with Gasteiger partial charge in [-0.2, -0.15) is 0 Å². The molecule has 3 nitrogen and oxygen atoms in total. The molecule has 0 aliphatic carbocycles. The lowest BCUT2D eigenvalue weighted by atomic mass is 10.00. The molecule has 0 amide bonds. The number of aryl methyl sites for hydroxylation is 1. The summed E-state index contributed by atoms with van der Waals surface area (Å²) in [7, 11) is 1.62. The number of methoxy groups -OCH3 is 1. The van der Waals surface area contributed by atoms with Crippen molar-refractivity contribution in [1.29, 1.82) is 0 Å². The fourth-order valence-corrected chi connectivity index (χ4v) is 1.43. The van der Waals surface area contributed by atoms with E-state index in [4.69, 9.17) is 4.74 Å². The Morgan fingerprint density at radius 1 is 1.47 bits per heavy atom. The Bertz CT molecular complexity index is 299. The number of nitrogens with zero attached hydrogens (tertiary/aromatic N) is 1. The average molecular weight is 209 g/mol. The van der Waals surface area contributed by atoms with Gasteiger partial charge in [0.05, 0.1) is 13.2 Å². The Morgan fingerprint density at radius 2 is 2.20 bits per heavy atom. The highest BCUT2D eigenvalue weighted by Gasteiger charge is 2.11. The molecule has 1 unspecified atom stereocenters. The minimum atomic E-state index is -0.255. The van der Waals surface area contributed by atoms with E-state index in [9.17, 15) is 5.11 Å².